The second-order valence-electron chi connectivity index (χ2n) is 5.03. The monoisotopic (exact) mass is 271 g/mol. The lowest BCUT2D eigenvalue weighted by molar-refractivity contribution is 0.129. The lowest BCUT2D eigenvalue weighted by Gasteiger charge is -2.14. The van der Waals surface area contributed by atoms with Gasteiger partial charge in [-0.2, -0.15) is 11.8 Å². The molecule has 104 valence electrons. The van der Waals surface area contributed by atoms with Crippen molar-refractivity contribution in [3.05, 3.63) is 0 Å². The predicted molar refractivity (Wildman–Crippen MR) is 78.4 cm³/mol. The summed E-state index contributed by atoms with van der Waals surface area (Å²) in [6.45, 7) is 3.57. The van der Waals surface area contributed by atoms with Crippen LogP contribution in [-0.4, -0.2) is 50.3 Å². The smallest absolute Gasteiger partial charge is 0.191 e. The van der Waals surface area contributed by atoms with Gasteiger partial charge in [0.2, 0.25) is 0 Å². The highest BCUT2D eigenvalue weighted by atomic mass is 32.2. The number of rotatable bonds is 7. The predicted octanol–water partition coefficient (Wildman–Crippen LogP) is 1.47. The maximum Gasteiger partial charge on any atom is 0.191 e. The molecule has 5 heteroatoms. The molecular weight excluding hydrogens is 246 g/mol. The molecule has 1 unspecified atom stereocenters. The summed E-state index contributed by atoms with van der Waals surface area (Å²) < 4.78 is 5.58. The van der Waals surface area contributed by atoms with Crippen molar-refractivity contribution in [2.75, 3.05) is 39.1 Å². The Morgan fingerprint density at radius 1 is 1.33 bits per heavy atom. The highest BCUT2D eigenvalue weighted by Crippen LogP contribution is 2.28. The Kier molecular flexibility index (Phi) is 6.14. The van der Waals surface area contributed by atoms with E-state index in [0.29, 0.717) is 0 Å². The third-order valence-electron chi connectivity index (χ3n) is 3.33. The average Bonchev–Trinajstić information content (AvgIpc) is 3.06. The Morgan fingerprint density at radius 2 is 2.22 bits per heavy atom. The highest BCUT2D eigenvalue weighted by molar-refractivity contribution is 8.00. The first-order valence-corrected chi connectivity index (χ1v) is 8.07. The van der Waals surface area contributed by atoms with Crippen molar-refractivity contribution in [3.8, 4) is 0 Å². The van der Waals surface area contributed by atoms with Gasteiger partial charge in [-0.1, -0.05) is 0 Å². The first-order chi connectivity index (χ1) is 8.88. The number of nitrogens with zero attached hydrogens (tertiary/aromatic N) is 1. The molecule has 0 radical (unpaired) electrons. The van der Waals surface area contributed by atoms with Crippen LogP contribution in [0.5, 0.6) is 0 Å². The second kappa shape index (κ2) is 7.89. The third-order valence-corrected chi connectivity index (χ3v) is 4.73. The molecule has 1 aliphatic carbocycles. The third kappa shape index (κ3) is 5.48. The molecule has 2 fully saturated rings. The van der Waals surface area contributed by atoms with E-state index in [4.69, 9.17) is 4.74 Å². The fraction of sp³-hybridized carbons (Fsp3) is 0.923. The van der Waals surface area contributed by atoms with Crippen LogP contribution in [-0.2, 0) is 4.74 Å². The molecule has 2 rings (SSSR count). The van der Waals surface area contributed by atoms with E-state index in [-0.39, 0.29) is 0 Å². The summed E-state index contributed by atoms with van der Waals surface area (Å²) in [7, 11) is 1.82. The molecule has 1 saturated carbocycles. The molecule has 18 heavy (non-hydrogen) atoms. The Balaban J connectivity index is 1.48. The highest BCUT2D eigenvalue weighted by Gasteiger charge is 2.20. The molecule has 4 nitrogen and oxygen atoms in total. The summed E-state index contributed by atoms with van der Waals surface area (Å²) in [6, 6.07) is 0. The summed E-state index contributed by atoms with van der Waals surface area (Å²) in [5.41, 5.74) is 0. The van der Waals surface area contributed by atoms with Crippen LogP contribution in [0, 0.1) is 5.92 Å². The Hall–Kier alpha value is -0.420. The molecule has 1 saturated heterocycles. The fourth-order valence-electron chi connectivity index (χ4n) is 2.01. The fourth-order valence-corrected chi connectivity index (χ4v) is 3.21. The number of hydrogen-bond acceptors (Lipinski definition) is 3. The summed E-state index contributed by atoms with van der Waals surface area (Å²) >= 11 is 2.07. The Labute approximate surface area is 114 Å². The van der Waals surface area contributed by atoms with Crippen molar-refractivity contribution < 1.29 is 4.74 Å². The lowest BCUT2D eigenvalue weighted by atomic mass is 10.2. The molecule has 2 N–H and O–H groups in total. The van der Waals surface area contributed by atoms with Crippen LogP contribution in [0.15, 0.2) is 4.99 Å². The topological polar surface area (TPSA) is 45.7 Å². The van der Waals surface area contributed by atoms with Crippen LogP contribution in [0.3, 0.4) is 0 Å². The van der Waals surface area contributed by atoms with E-state index in [0.717, 1.165) is 43.4 Å². The summed E-state index contributed by atoms with van der Waals surface area (Å²) in [5.74, 6) is 3.06. The molecule has 0 aromatic rings. The van der Waals surface area contributed by atoms with Gasteiger partial charge < -0.3 is 15.4 Å². The number of nitrogens with one attached hydrogen (secondary N) is 2. The summed E-state index contributed by atoms with van der Waals surface area (Å²) in [6.07, 6.45) is 5.41. The zero-order chi connectivity index (χ0) is 12.6. The van der Waals surface area contributed by atoms with Gasteiger partial charge in [0.25, 0.3) is 0 Å². The van der Waals surface area contributed by atoms with Gasteiger partial charge in [-0.25, -0.2) is 0 Å². The quantitative estimate of drug-likeness (QED) is 0.418. The van der Waals surface area contributed by atoms with Gasteiger partial charge in [-0.3, -0.25) is 4.99 Å². The van der Waals surface area contributed by atoms with Gasteiger partial charge in [0, 0.05) is 32.0 Å². The van der Waals surface area contributed by atoms with Gasteiger partial charge in [-0.15, -0.1) is 0 Å². The van der Waals surface area contributed by atoms with Gasteiger partial charge in [0.05, 0.1) is 6.61 Å². The average molecular weight is 271 g/mol. The number of hydrogen-bond donors (Lipinski definition) is 2. The molecule has 0 aromatic carbocycles. The number of thioether (sulfide) groups is 1. The van der Waals surface area contributed by atoms with Crippen LogP contribution in [0.4, 0.5) is 0 Å². The molecule has 0 amide bonds. The molecule has 0 spiro atoms. The first-order valence-electron chi connectivity index (χ1n) is 7.02. The molecule has 0 aromatic heterocycles. The van der Waals surface area contributed by atoms with Gasteiger partial charge in [-0.05, 0) is 37.4 Å². The van der Waals surface area contributed by atoms with Gasteiger partial charge in [0.15, 0.2) is 5.96 Å². The van der Waals surface area contributed by atoms with Crippen LogP contribution in [0.25, 0.3) is 0 Å². The van der Waals surface area contributed by atoms with Crippen LogP contribution in [0.1, 0.15) is 25.7 Å². The van der Waals surface area contributed by atoms with Crippen molar-refractivity contribution in [1.82, 2.24) is 10.6 Å². The minimum Gasteiger partial charge on any atom is -0.379 e. The first kappa shape index (κ1) is 14.0. The number of aliphatic imine (C=N–C) groups is 1. The molecule has 2 aliphatic rings. The molecule has 0 bridgehead atoms. The van der Waals surface area contributed by atoms with E-state index in [1.807, 2.05) is 7.05 Å². The Bertz CT molecular complexity index is 263. The normalized spacial score (nSPS) is 24.3. The number of guanidine groups is 1. The van der Waals surface area contributed by atoms with E-state index >= 15 is 0 Å². The maximum atomic E-state index is 5.58. The summed E-state index contributed by atoms with van der Waals surface area (Å²) in [4.78, 5) is 4.22. The van der Waals surface area contributed by atoms with E-state index in [1.54, 1.807) is 0 Å². The van der Waals surface area contributed by atoms with Crippen molar-refractivity contribution in [3.63, 3.8) is 0 Å². The molecule has 1 aliphatic heterocycles. The van der Waals surface area contributed by atoms with Crippen molar-refractivity contribution >= 4 is 17.7 Å². The van der Waals surface area contributed by atoms with Crippen molar-refractivity contribution in [2.24, 2.45) is 10.9 Å². The van der Waals surface area contributed by atoms with Crippen LogP contribution < -0.4 is 10.6 Å². The molecular formula is C13H25N3OS. The SMILES string of the molecule is CN=C(NCCOCC1CC1)NCC1CCCS1. The van der Waals surface area contributed by atoms with E-state index < -0.39 is 0 Å². The number of ether oxygens (including phenoxy) is 1. The van der Waals surface area contributed by atoms with E-state index in [9.17, 15) is 0 Å². The molecule has 1 heterocycles. The maximum absolute atomic E-state index is 5.58. The zero-order valence-corrected chi connectivity index (χ0v) is 12.1. The Morgan fingerprint density at radius 3 is 2.89 bits per heavy atom. The van der Waals surface area contributed by atoms with Crippen LogP contribution in [0.2, 0.25) is 0 Å². The minimum atomic E-state index is 0.759. The van der Waals surface area contributed by atoms with Crippen LogP contribution >= 0.6 is 11.8 Å². The van der Waals surface area contributed by atoms with Crippen molar-refractivity contribution in [2.45, 2.75) is 30.9 Å². The minimum absolute atomic E-state index is 0.759. The zero-order valence-electron chi connectivity index (χ0n) is 11.3. The molecule has 1 atom stereocenters. The van der Waals surface area contributed by atoms with Gasteiger partial charge in [0.1, 0.15) is 0 Å². The van der Waals surface area contributed by atoms with Gasteiger partial charge >= 0.3 is 0 Å². The van der Waals surface area contributed by atoms with E-state index in [2.05, 4.69) is 27.4 Å². The summed E-state index contributed by atoms with van der Waals surface area (Å²) in [5, 5.41) is 7.44. The van der Waals surface area contributed by atoms with Crippen molar-refractivity contribution in [1.29, 1.82) is 0 Å². The van der Waals surface area contributed by atoms with E-state index in [1.165, 1.54) is 31.4 Å². The standard InChI is InChI=1S/C13H25N3OS/c1-14-13(16-9-12-3-2-8-18-12)15-6-7-17-10-11-4-5-11/h11-12H,2-10H2,1H3,(H2,14,15,16). The largest absolute Gasteiger partial charge is 0.379 e. The second-order valence-corrected chi connectivity index (χ2v) is 6.44. The lowest BCUT2D eigenvalue weighted by Crippen LogP contribution is -2.41.